The first-order chi connectivity index (χ1) is 16.3. The molecule has 0 unspecified atom stereocenters. The van der Waals surface area contributed by atoms with Crippen LogP contribution in [0.3, 0.4) is 0 Å². The fourth-order valence-corrected chi connectivity index (χ4v) is 4.79. The van der Waals surface area contributed by atoms with E-state index in [1.165, 1.54) is 0 Å². The molecule has 0 N–H and O–H groups in total. The normalized spacial score (nSPS) is 14.9. The number of nitro benzene ring substituents is 2. The monoisotopic (exact) mass is 521 g/mol. The average molecular weight is 521 g/mol. The van der Waals surface area contributed by atoms with E-state index in [2.05, 4.69) is 0 Å². The molecule has 0 saturated heterocycles. The largest absolute Gasteiger partial charge is 0.744 e. The molecule has 0 aliphatic carbocycles. The standard InChI is InChI=1S/C14H8N2O10S2.C6H8N/c17-15(18)9-2-1-8(13(6-9)27(21,22)23)5-12-11-4-3-10(16(19)20)7-14(11)28(24,25)26-12;1-7-5-3-2-4-6-7/h1-7H,(H,21,22,23);2-6H,1H3/q;+1/p-1. The Morgan fingerprint density at radius 3 is 2.03 bits per heavy atom. The predicted molar refractivity (Wildman–Crippen MR) is 118 cm³/mol. The zero-order chi connectivity index (χ0) is 26.0. The lowest BCUT2D eigenvalue weighted by atomic mass is 10.1. The molecule has 0 bridgehead atoms. The van der Waals surface area contributed by atoms with Gasteiger partial charge in [-0.15, -0.1) is 0 Å². The summed E-state index contributed by atoms with van der Waals surface area (Å²) in [5, 5.41) is 21.6. The number of hydrogen-bond acceptors (Lipinski definition) is 10. The van der Waals surface area contributed by atoms with E-state index >= 15 is 0 Å². The van der Waals surface area contributed by atoms with Gasteiger partial charge in [-0.25, -0.2) is 13.0 Å². The third-order valence-electron chi connectivity index (χ3n) is 4.54. The van der Waals surface area contributed by atoms with E-state index in [0.29, 0.717) is 6.07 Å². The van der Waals surface area contributed by atoms with Crippen LogP contribution in [0.4, 0.5) is 11.4 Å². The van der Waals surface area contributed by atoms with Crippen molar-refractivity contribution < 1.29 is 40.0 Å². The molecule has 35 heavy (non-hydrogen) atoms. The van der Waals surface area contributed by atoms with E-state index in [1.54, 1.807) is 0 Å². The van der Waals surface area contributed by atoms with Crippen LogP contribution in [0.1, 0.15) is 11.1 Å². The molecule has 182 valence electrons. The van der Waals surface area contributed by atoms with E-state index in [4.69, 9.17) is 4.18 Å². The second-order valence-corrected chi connectivity index (χ2v) is 9.82. The molecule has 2 aromatic carbocycles. The number of rotatable bonds is 4. The molecule has 1 aromatic heterocycles. The Morgan fingerprint density at radius 1 is 0.943 bits per heavy atom. The van der Waals surface area contributed by atoms with Gasteiger partial charge in [-0.05, 0) is 23.8 Å². The Labute approximate surface area is 198 Å². The van der Waals surface area contributed by atoms with Crippen LogP contribution < -0.4 is 4.57 Å². The summed E-state index contributed by atoms with van der Waals surface area (Å²) in [6, 6.07) is 11.3. The Hall–Kier alpha value is -4.21. The van der Waals surface area contributed by atoms with Gasteiger partial charge in [0.2, 0.25) is 0 Å². The van der Waals surface area contributed by atoms with E-state index in [9.17, 15) is 41.6 Å². The molecule has 0 radical (unpaired) electrons. The number of fused-ring (bicyclic) bond motifs is 1. The van der Waals surface area contributed by atoms with Crippen molar-refractivity contribution in [2.75, 3.05) is 0 Å². The van der Waals surface area contributed by atoms with Crippen LogP contribution in [0.5, 0.6) is 0 Å². The Morgan fingerprint density at radius 2 is 1.51 bits per heavy atom. The molecular weight excluding hydrogens is 506 g/mol. The Balaban J connectivity index is 0.000000420. The maximum atomic E-state index is 12.1. The Bertz CT molecular complexity index is 1570. The highest BCUT2D eigenvalue weighted by Gasteiger charge is 2.34. The molecule has 2 heterocycles. The quantitative estimate of drug-likeness (QED) is 0.161. The fourth-order valence-electron chi connectivity index (χ4n) is 2.94. The summed E-state index contributed by atoms with van der Waals surface area (Å²) in [7, 11) is -7.56. The van der Waals surface area contributed by atoms with Gasteiger partial charge in [0.05, 0.1) is 14.7 Å². The van der Waals surface area contributed by atoms with Gasteiger partial charge in [0.1, 0.15) is 22.1 Å². The molecule has 0 amide bonds. The molecule has 0 saturated carbocycles. The highest BCUT2D eigenvalue weighted by molar-refractivity contribution is 7.87. The minimum Gasteiger partial charge on any atom is -0.744 e. The van der Waals surface area contributed by atoms with Crippen molar-refractivity contribution in [3.8, 4) is 0 Å². The van der Waals surface area contributed by atoms with Crippen LogP contribution in [0.25, 0.3) is 11.8 Å². The number of non-ortho nitro benzene ring substituents is 2. The highest BCUT2D eigenvalue weighted by atomic mass is 32.2. The molecule has 0 spiro atoms. The summed E-state index contributed by atoms with van der Waals surface area (Å²) in [6.45, 7) is 0. The summed E-state index contributed by atoms with van der Waals surface area (Å²) in [5.74, 6) is -0.399. The topological polar surface area (TPSA) is 191 Å². The number of benzene rings is 2. The SMILES string of the molecule is C[n+]1ccccc1.O=[N+]([O-])c1ccc(C=C2OS(=O)(=O)c3cc([N+](=O)[O-])ccc32)c(S(=O)(=O)[O-])c1. The molecule has 3 aromatic rings. The maximum Gasteiger partial charge on any atom is 0.340 e. The molecule has 1 aliphatic rings. The van der Waals surface area contributed by atoms with Crippen molar-refractivity contribution >= 4 is 43.4 Å². The molecule has 4 rings (SSSR count). The lowest BCUT2D eigenvalue weighted by Gasteiger charge is -2.10. The number of nitrogens with zero attached hydrogens (tertiary/aromatic N) is 3. The van der Waals surface area contributed by atoms with Crippen molar-refractivity contribution in [2.24, 2.45) is 7.05 Å². The lowest BCUT2D eigenvalue weighted by molar-refractivity contribution is -0.671. The lowest BCUT2D eigenvalue weighted by Crippen LogP contribution is -2.25. The van der Waals surface area contributed by atoms with Crippen LogP contribution in [0.2, 0.25) is 0 Å². The summed E-state index contributed by atoms with van der Waals surface area (Å²) in [6.07, 6.45) is 4.89. The smallest absolute Gasteiger partial charge is 0.340 e. The van der Waals surface area contributed by atoms with Gasteiger partial charge in [0.25, 0.3) is 11.4 Å². The molecule has 0 atom stereocenters. The first kappa shape index (κ1) is 25.4. The van der Waals surface area contributed by atoms with E-state index in [1.807, 2.05) is 42.2 Å². The Kier molecular flexibility index (Phi) is 6.95. The first-order valence-electron chi connectivity index (χ1n) is 9.39. The minimum atomic E-state index is -5.15. The number of aryl methyl sites for hydroxylation is 1. The number of nitro groups is 2. The van der Waals surface area contributed by atoms with Crippen molar-refractivity contribution in [3.05, 3.63) is 98.3 Å². The second-order valence-electron chi connectivity index (χ2n) is 6.96. The summed E-state index contributed by atoms with van der Waals surface area (Å²) < 4.78 is 65.3. The predicted octanol–water partition coefficient (Wildman–Crippen LogP) is 2.14. The van der Waals surface area contributed by atoms with Crippen molar-refractivity contribution in [1.29, 1.82) is 0 Å². The minimum absolute atomic E-state index is 0.0989. The van der Waals surface area contributed by atoms with Crippen molar-refractivity contribution in [1.82, 2.24) is 0 Å². The fraction of sp³-hybridized carbons (Fsp3) is 0.0500. The summed E-state index contributed by atoms with van der Waals surface area (Å²) in [4.78, 5) is 18.4. The number of hydrogen-bond donors (Lipinski definition) is 0. The van der Waals surface area contributed by atoms with Gasteiger partial charge in [0, 0.05) is 42.0 Å². The van der Waals surface area contributed by atoms with Crippen LogP contribution in [-0.4, -0.2) is 31.2 Å². The van der Waals surface area contributed by atoms with Gasteiger partial charge in [-0.2, -0.15) is 8.42 Å². The molecule has 0 fully saturated rings. The summed E-state index contributed by atoms with van der Waals surface area (Å²) >= 11 is 0. The van der Waals surface area contributed by atoms with E-state index < -0.39 is 57.0 Å². The van der Waals surface area contributed by atoms with Crippen LogP contribution >= 0.6 is 0 Å². The third kappa shape index (κ3) is 5.84. The van der Waals surface area contributed by atoms with E-state index in [0.717, 1.165) is 36.4 Å². The van der Waals surface area contributed by atoms with Crippen LogP contribution in [0.15, 0.2) is 76.8 Å². The van der Waals surface area contributed by atoms with E-state index in [-0.39, 0.29) is 11.1 Å². The van der Waals surface area contributed by atoms with Gasteiger partial charge in [-0.3, -0.25) is 20.2 Å². The van der Waals surface area contributed by atoms with Gasteiger partial charge in [-0.1, -0.05) is 6.07 Å². The van der Waals surface area contributed by atoms with Crippen molar-refractivity contribution in [3.63, 3.8) is 0 Å². The first-order valence-corrected chi connectivity index (χ1v) is 12.2. The second kappa shape index (κ2) is 9.57. The molecule has 15 heteroatoms. The number of aromatic nitrogens is 1. The molecule has 1 aliphatic heterocycles. The average Bonchev–Trinajstić information content (AvgIpc) is 3.03. The van der Waals surface area contributed by atoms with Crippen molar-refractivity contribution in [2.45, 2.75) is 9.79 Å². The maximum absolute atomic E-state index is 12.1. The zero-order valence-corrected chi connectivity index (χ0v) is 19.3. The molecular formula is C20H15N3O10S2. The van der Waals surface area contributed by atoms with Crippen LogP contribution in [-0.2, 0) is 31.5 Å². The van der Waals surface area contributed by atoms with Crippen LogP contribution in [0, 0.1) is 20.2 Å². The molecule has 13 nitrogen and oxygen atoms in total. The zero-order valence-electron chi connectivity index (χ0n) is 17.7. The van der Waals surface area contributed by atoms with Gasteiger partial charge in [0.15, 0.2) is 18.2 Å². The number of pyridine rings is 1. The highest BCUT2D eigenvalue weighted by Crippen LogP contribution is 2.39. The third-order valence-corrected chi connectivity index (χ3v) is 6.71. The van der Waals surface area contributed by atoms with Gasteiger partial charge >= 0.3 is 10.1 Å². The van der Waals surface area contributed by atoms with Gasteiger partial charge < -0.3 is 8.74 Å². The summed E-state index contributed by atoms with van der Waals surface area (Å²) in [5.41, 5.74) is -1.62.